The highest BCUT2D eigenvalue weighted by atomic mass is 79.9. The summed E-state index contributed by atoms with van der Waals surface area (Å²) >= 11 is 6.32. The Labute approximate surface area is 103 Å². The van der Waals surface area contributed by atoms with E-state index in [-0.39, 0.29) is 11.5 Å². The van der Waals surface area contributed by atoms with Crippen LogP contribution in [0.2, 0.25) is 0 Å². The number of hydrogen-bond acceptors (Lipinski definition) is 2. The van der Waals surface area contributed by atoms with Gasteiger partial charge >= 0.3 is 6.61 Å². The first-order valence-electron chi connectivity index (χ1n) is 4.11. The van der Waals surface area contributed by atoms with Gasteiger partial charge in [-0.15, -0.1) is 0 Å². The van der Waals surface area contributed by atoms with Gasteiger partial charge in [0.2, 0.25) is 0 Å². The largest absolute Gasteiger partial charge is 0.489 e. The lowest BCUT2D eigenvalue weighted by molar-refractivity contribution is -0.0520. The third-order valence-electron chi connectivity index (χ3n) is 1.51. The van der Waals surface area contributed by atoms with Crippen molar-refractivity contribution < 1.29 is 18.3 Å². The molecule has 0 aliphatic rings. The topological polar surface area (TPSA) is 18.5 Å². The fourth-order valence-electron chi connectivity index (χ4n) is 0.992. The number of rotatable bonds is 4. The lowest BCUT2D eigenvalue weighted by Crippen LogP contribution is -2.05. The van der Waals surface area contributed by atoms with E-state index in [0.29, 0.717) is 15.6 Å². The van der Waals surface area contributed by atoms with Gasteiger partial charge < -0.3 is 9.47 Å². The van der Waals surface area contributed by atoms with Crippen molar-refractivity contribution in [2.24, 2.45) is 0 Å². The summed E-state index contributed by atoms with van der Waals surface area (Å²) in [6.07, 6.45) is 0. The summed E-state index contributed by atoms with van der Waals surface area (Å²) in [5.74, 6) is 0.272. The number of benzene rings is 1. The molecule has 0 aliphatic heterocycles. The zero-order valence-corrected chi connectivity index (χ0v) is 10.9. The molecular weight excluding hydrogens is 338 g/mol. The van der Waals surface area contributed by atoms with Crippen molar-refractivity contribution >= 4 is 31.9 Å². The Bertz CT molecular complexity index is 345. The molecular formula is C9H8Br2F2O2. The lowest BCUT2D eigenvalue weighted by atomic mass is 10.3. The highest BCUT2D eigenvalue weighted by Gasteiger charge is 2.17. The van der Waals surface area contributed by atoms with Gasteiger partial charge in [0.25, 0.3) is 0 Å². The highest BCUT2D eigenvalue weighted by Crippen LogP contribution is 2.41. The highest BCUT2D eigenvalue weighted by molar-refractivity contribution is 9.11. The van der Waals surface area contributed by atoms with E-state index in [4.69, 9.17) is 4.74 Å². The van der Waals surface area contributed by atoms with Gasteiger partial charge in [-0.3, -0.25) is 0 Å². The van der Waals surface area contributed by atoms with Crippen LogP contribution in [0.15, 0.2) is 21.1 Å². The van der Waals surface area contributed by atoms with Crippen LogP contribution in [0.5, 0.6) is 11.5 Å². The molecule has 0 unspecified atom stereocenters. The quantitative estimate of drug-likeness (QED) is 0.813. The van der Waals surface area contributed by atoms with Crippen LogP contribution >= 0.6 is 31.9 Å². The van der Waals surface area contributed by atoms with Crippen LogP contribution in [-0.2, 0) is 0 Å². The molecule has 0 spiro atoms. The molecule has 1 aromatic carbocycles. The Morgan fingerprint density at radius 3 is 2.20 bits per heavy atom. The first kappa shape index (κ1) is 12.7. The zero-order valence-electron chi connectivity index (χ0n) is 7.77. The standard InChI is InChI=1S/C9H8Br2F2O2/c1-2-14-7-5(10)3-4-6(11)8(7)15-9(12)13/h3-4,9H,2H2,1H3. The van der Waals surface area contributed by atoms with Crippen molar-refractivity contribution in [3.63, 3.8) is 0 Å². The van der Waals surface area contributed by atoms with Crippen LogP contribution in [0.3, 0.4) is 0 Å². The molecule has 0 fully saturated rings. The Morgan fingerprint density at radius 1 is 1.20 bits per heavy atom. The van der Waals surface area contributed by atoms with Crippen LogP contribution in [-0.4, -0.2) is 13.2 Å². The average Bonchev–Trinajstić information content (AvgIpc) is 2.17. The van der Waals surface area contributed by atoms with Crippen LogP contribution in [0, 0.1) is 0 Å². The van der Waals surface area contributed by atoms with Crippen molar-refractivity contribution in [3.8, 4) is 11.5 Å². The van der Waals surface area contributed by atoms with E-state index < -0.39 is 6.61 Å². The zero-order chi connectivity index (χ0) is 11.4. The van der Waals surface area contributed by atoms with Gasteiger partial charge in [-0.1, -0.05) is 0 Å². The summed E-state index contributed by atoms with van der Waals surface area (Å²) in [7, 11) is 0. The first-order chi connectivity index (χ1) is 7.06. The molecule has 15 heavy (non-hydrogen) atoms. The predicted octanol–water partition coefficient (Wildman–Crippen LogP) is 4.21. The molecule has 0 saturated carbocycles. The molecule has 1 aromatic rings. The van der Waals surface area contributed by atoms with E-state index in [9.17, 15) is 8.78 Å². The van der Waals surface area contributed by atoms with Crippen LogP contribution in [0.1, 0.15) is 6.92 Å². The molecule has 0 heterocycles. The van der Waals surface area contributed by atoms with E-state index in [2.05, 4.69) is 36.6 Å². The number of halogens is 4. The number of ether oxygens (including phenoxy) is 2. The van der Waals surface area contributed by atoms with Crippen molar-refractivity contribution in [1.29, 1.82) is 0 Å². The minimum atomic E-state index is -2.88. The summed E-state index contributed by atoms with van der Waals surface area (Å²) < 4.78 is 34.9. The second-order valence-electron chi connectivity index (χ2n) is 2.50. The summed E-state index contributed by atoms with van der Waals surface area (Å²) in [4.78, 5) is 0. The third-order valence-corrected chi connectivity index (χ3v) is 2.76. The molecule has 0 amide bonds. The maximum Gasteiger partial charge on any atom is 0.387 e. The van der Waals surface area contributed by atoms with Crippen LogP contribution < -0.4 is 9.47 Å². The second-order valence-corrected chi connectivity index (χ2v) is 4.21. The predicted molar refractivity (Wildman–Crippen MR) is 59.6 cm³/mol. The minimum absolute atomic E-state index is 0.00113. The Morgan fingerprint density at radius 2 is 1.73 bits per heavy atom. The molecule has 1 rings (SSSR count). The lowest BCUT2D eigenvalue weighted by Gasteiger charge is -2.14. The monoisotopic (exact) mass is 344 g/mol. The van der Waals surface area contributed by atoms with Crippen molar-refractivity contribution in [3.05, 3.63) is 21.1 Å². The van der Waals surface area contributed by atoms with Crippen LogP contribution in [0.4, 0.5) is 8.78 Å². The van der Waals surface area contributed by atoms with Crippen LogP contribution in [0.25, 0.3) is 0 Å². The summed E-state index contributed by atoms with van der Waals surface area (Å²) in [6.45, 7) is -0.747. The Balaban J connectivity index is 3.12. The van der Waals surface area contributed by atoms with Gasteiger partial charge in [0.1, 0.15) is 0 Å². The molecule has 0 radical (unpaired) electrons. The van der Waals surface area contributed by atoms with Gasteiger partial charge in [-0.2, -0.15) is 8.78 Å². The maximum absolute atomic E-state index is 12.1. The normalized spacial score (nSPS) is 10.5. The van der Waals surface area contributed by atoms with Crippen molar-refractivity contribution in [2.75, 3.05) is 6.61 Å². The molecule has 0 N–H and O–H groups in total. The molecule has 0 aromatic heterocycles. The van der Waals surface area contributed by atoms with Crippen molar-refractivity contribution in [1.82, 2.24) is 0 Å². The number of hydrogen-bond donors (Lipinski definition) is 0. The second kappa shape index (κ2) is 5.65. The molecule has 6 heteroatoms. The fourth-order valence-corrected chi connectivity index (χ4v) is 1.82. The minimum Gasteiger partial charge on any atom is -0.489 e. The average molecular weight is 346 g/mol. The van der Waals surface area contributed by atoms with Gasteiger partial charge in [-0.25, -0.2) is 0 Å². The van der Waals surface area contributed by atoms with Gasteiger partial charge in [0.05, 0.1) is 15.6 Å². The third kappa shape index (κ3) is 3.31. The smallest absolute Gasteiger partial charge is 0.387 e. The molecule has 0 saturated heterocycles. The summed E-state index contributed by atoms with van der Waals surface area (Å²) in [5, 5.41) is 0. The van der Waals surface area contributed by atoms with Crippen molar-refractivity contribution in [2.45, 2.75) is 13.5 Å². The van der Waals surface area contributed by atoms with E-state index in [1.54, 1.807) is 19.1 Å². The van der Waals surface area contributed by atoms with Gasteiger partial charge in [-0.05, 0) is 50.9 Å². The molecule has 0 atom stereocenters. The van der Waals surface area contributed by atoms with E-state index >= 15 is 0 Å². The summed E-state index contributed by atoms with van der Waals surface area (Å²) in [6, 6.07) is 3.29. The first-order valence-corrected chi connectivity index (χ1v) is 5.70. The van der Waals surface area contributed by atoms with E-state index in [0.717, 1.165) is 0 Å². The molecule has 0 bridgehead atoms. The summed E-state index contributed by atoms with van der Waals surface area (Å²) in [5.41, 5.74) is 0. The van der Waals surface area contributed by atoms with E-state index in [1.165, 1.54) is 0 Å². The van der Waals surface area contributed by atoms with Gasteiger partial charge in [0.15, 0.2) is 11.5 Å². The fraction of sp³-hybridized carbons (Fsp3) is 0.333. The SMILES string of the molecule is CCOc1c(Br)ccc(Br)c1OC(F)F. The Hall–Kier alpha value is -0.360. The molecule has 84 valence electrons. The number of alkyl halides is 2. The Kier molecular flexibility index (Phi) is 4.79. The molecule has 2 nitrogen and oxygen atoms in total. The van der Waals surface area contributed by atoms with E-state index in [1.807, 2.05) is 0 Å². The van der Waals surface area contributed by atoms with Gasteiger partial charge in [0, 0.05) is 0 Å². The maximum atomic E-state index is 12.1. The molecule has 0 aliphatic carbocycles.